The predicted molar refractivity (Wildman–Crippen MR) is 76.0 cm³/mol. The van der Waals surface area contributed by atoms with E-state index in [-0.39, 0.29) is 5.41 Å². The van der Waals surface area contributed by atoms with E-state index in [0.717, 1.165) is 31.0 Å². The van der Waals surface area contributed by atoms with Crippen LogP contribution in [-0.2, 0) is 5.41 Å². The van der Waals surface area contributed by atoms with Crippen LogP contribution in [0.25, 0.3) is 0 Å². The molecule has 4 nitrogen and oxygen atoms in total. The minimum Gasteiger partial charge on any atom is -0.339 e. The summed E-state index contributed by atoms with van der Waals surface area (Å²) in [5.74, 6) is 4.06. The van der Waals surface area contributed by atoms with E-state index < -0.39 is 0 Å². The zero-order chi connectivity index (χ0) is 12.6. The number of nitrogens with zero attached hydrogens (tertiary/aromatic N) is 2. The molecule has 1 saturated carbocycles. The van der Waals surface area contributed by atoms with Crippen LogP contribution in [0.3, 0.4) is 0 Å². The minimum atomic E-state index is 0.0133. The molecule has 0 spiro atoms. The third-order valence-corrected chi connectivity index (χ3v) is 7.09. The Bertz CT molecular complexity index is 419. The van der Waals surface area contributed by atoms with Crippen molar-refractivity contribution in [3.8, 4) is 0 Å². The van der Waals surface area contributed by atoms with Crippen LogP contribution in [0.5, 0.6) is 0 Å². The van der Waals surface area contributed by atoms with E-state index >= 15 is 0 Å². The highest BCUT2D eigenvalue weighted by Crippen LogP contribution is 2.48. The van der Waals surface area contributed by atoms with Gasteiger partial charge in [-0.15, -0.1) is 11.8 Å². The SMILES string of the molecule is CCC1SCCSC1c1noc(C2(CN)CC2)n1. The summed E-state index contributed by atoms with van der Waals surface area (Å²) in [6, 6.07) is 0. The van der Waals surface area contributed by atoms with Crippen molar-refractivity contribution in [2.75, 3.05) is 18.1 Å². The quantitative estimate of drug-likeness (QED) is 0.916. The Labute approximate surface area is 116 Å². The van der Waals surface area contributed by atoms with Crippen molar-refractivity contribution in [3.63, 3.8) is 0 Å². The molecule has 2 heterocycles. The van der Waals surface area contributed by atoms with Crippen LogP contribution < -0.4 is 5.73 Å². The van der Waals surface area contributed by atoms with E-state index in [4.69, 9.17) is 10.3 Å². The molecule has 0 bridgehead atoms. The Kier molecular flexibility index (Phi) is 3.60. The first-order valence-electron chi connectivity index (χ1n) is 6.56. The molecule has 2 fully saturated rings. The lowest BCUT2D eigenvalue weighted by molar-refractivity contribution is 0.343. The van der Waals surface area contributed by atoms with E-state index in [1.807, 2.05) is 23.5 Å². The number of hydrogen-bond acceptors (Lipinski definition) is 6. The maximum absolute atomic E-state index is 5.80. The molecule has 6 heteroatoms. The lowest BCUT2D eigenvalue weighted by Gasteiger charge is -2.27. The summed E-state index contributed by atoms with van der Waals surface area (Å²) < 4.78 is 5.47. The lowest BCUT2D eigenvalue weighted by Crippen LogP contribution is -2.21. The summed E-state index contributed by atoms with van der Waals surface area (Å²) in [5, 5.41) is 5.22. The molecule has 0 radical (unpaired) electrons. The number of hydrogen-bond donors (Lipinski definition) is 1. The highest BCUT2D eigenvalue weighted by atomic mass is 32.2. The summed E-state index contributed by atoms with van der Waals surface area (Å²) in [6.45, 7) is 2.86. The average molecular weight is 285 g/mol. The van der Waals surface area contributed by atoms with E-state index in [1.54, 1.807) is 0 Å². The Balaban J connectivity index is 1.79. The zero-order valence-electron chi connectivity index (χ0n) is 10.6. The maximum Gasteiger partial charge on any atom is 0.234 e. The molecule has 1 aromatic rings. The van der Waals surface area contributed by atoms with Gasteiger partial charge in [-0.05, 0) is 19.3 Å². The molecule has 2 unspecified atom stereocenters. The van der Waals surface area contributed by atoms with Crippen molar-refractivity contribution >= 4 is 23.5 Å². The van der Waals surface area contributed by atoms with Gasteiger partial charge in [0, 0.05) is 23.3 Å². The van der Waals surface area contributed by atoms with Gasteiger partial charge in [0.05, 0.1) is 10.7 Å². The Morgan fingerprint density at radius 3 is 2.83 bits per heavy atom. The summed E-state index contributed by atoms with van der Waals surface area (Å²) in [6.07, 6.45) is 3.35. The number of nitrogens with two attached hydrogens (primary N) is 1. The zero-order valence-corrected chi connectivity index (χ0v) is 12.2. The molecule has 2 N–H and O–H groups in total. The van der Waals surface area contributed by atoms with Gasteiger partial charge in [0.15, 0.2) is 5.82 Å². The summed E-state index contributed by atoms with van der Waals surface area (Å²) in [5.41, 5.74) is 5.82. The maximum atomic E-state index is 5.80. The van der Waals surface area contributed by atoms with Crippen LogP contribution in [0.4, 0.5) is 0 Å². The van der Waals surface area contributed by atoms with Crippen molar-refractivity contribution < 1.29 is 4.52 Å². The van der Waals surface area contributed by atoms with Gasteiger partial charge in [-0.2, -0.15) is 16.7 Å². The monoisotopic (exact) mass is 285 g/mol. The Morgan fingerprint density at radius 2 is 2.17 bits per heavy atom. The molecule has 100 valence electrons. The fraction of sp³-hybridized carbons (Fsp3) is 0.833. The molecule has 18 heavy (non-hydrogen) atoms. The van der Waals surface area contributed by atoms with Gasteiger partial charge in [0.2, 0.25) is 5.89 Å². The number of thioether (sulfide) groups is 2. The van der Waals surface area contributed by atoms with E-state index in [9.17, 15) is 0 Å². The average Bonchev–Trinajstić information content (AvgIpc) is 3.08. The topological polar surface area (TPSA) is 64.9 Å². The summed E-state index contributed by atoms with van der Waals surface area (Å²) in [7, 11) is 0. The molecule has 0 amide bonds. The fourth-order valence-corrected chi connectivity index (χ4v) is 5.35. The van der Waals surface area contributed by atoms with Gasteiger partial charge in [-0.25, -0.2) is 0 Å². The molecular formula is C12H19N3OS2. The molecule has 1 aromatic heterocycles. The van der Waals surface area contributed by atoms with Gasteiger partial charge >= 0.3 is 0 Å². The first-order valence-corrected chi connectivity index (χ1v) is 8.66. The molecule has 1 aliphatic carbocycles. The van der Waals surface area contributed by atoms with Crippen molar-refractivity contribution in [3.05, 3.63) is 11.7 Å². The first-order chi connectivity index (χ1) is 8.79. The van der Waals surface area contributed by atoms with Crippen LogP contribution in [0.1, 0.15) is 43.2 Å². The standard InChI is InChI=1S/C12H19N3OS2/c1-2-8-9(18-6-5-17-8)10-14-11(16-15-10)12(7-13)3-4-12/h8-9H,2-7,13H2,1H3. The van der Waals surface area contributed by atoms with E-state index in [2.05, 4.69) is 17.1 Å². The third-order valence-electron chi connectivity index (χ3n) is 3.85. The van der Waals surface area contributed by atoms with Crippen LogP contribution in [-0.4, -0.2) is 33.4 Å². The summed E-state index contributed by atoms with van der Waals surface area (Å²) >= 11 is 4.00. The smallest absolute Gasteiger partial charge is 0.234 e. The van der Waals surface area contributed by atoms with Gasteiger partial charge in [-0.1, -0.05) is 12.1 Å². The minimum absolute atomic E-state index is 0.0133. The first kappa shape index (κ1) is 12.8. The predicted octanol–water partition coefficient (Wildman–Crippen LogP) is 2.36. The second-order valence-electron chi connectivity index (χ2n) is 5.05. The Hall–Kier alpha value is -0.200. The van der Waals surface area contributed by atoms with E-state index in [0.29, 0.717) is 17.0 Å². The fourth-order valence-electron chi connectivity index (χ4n) is 2.36. The summed E-state index contributed by atoms with van der Waals surface area (Å²) in [4.78, 5) is 4.65. The second-order valence-corrected chi connectivity index (χ2v) is 7.65. The Morgan fingerprint density at radius 1 is 1.39 bits per heavy atom. The highest BCUT2D eigenvalue weighted by Gasteiger charge is 2.48. The van der Waals surface area contributed by atoms with E-state index in [1.165, 1.54) is 11.5 Å². The van der Waals surface area contributed by atoms with Crippen LogP contribution >= 0.6 is 23.5 Å². The number of aromatic nitrogens is 2. The van der Waals surface area contributed by atoms with Crippen LogP contribution in [0.15, 0.2) is 4.52 Å². The van der Waals surface area contributed by atoms with Crippen molar-refractivity contribution in [1.29, 1.82) is 0 Å². The largest absolute Gasteiger partial charge is 0.339 e. The lowest BCUT2D eigenvalue weighted by atomic mass is 10.1. The van der Waals surface area contributed by atoms with Crippen LogP contribution in [0, 0.1) is 0 Å². The number of rotatable bonds is 4. The molecule has 2 atom stereocenters. The highest BCUT2D eigenvalue weighted by molar-refractivity contribution is 8.06. The van der Waals surface area contributed by atoms with Crippen LogP contribution in [0.2, 0.25) is 0 Å². The third kappa shape index (κ3) is 2.18. The molecule has 0 aromatic carbocycles. The van der Waals surface area contributed by atoms with Crippen molar-refractivity contribution in [1.82, 2.24) is 10.1 Å². The van der Waals surface area contributed by atoms with Gasteiger partial charge < -0.3 is 10.3 Å². The van der Waals surface area contributed by atoms with Crippen molar-refractivity contribution in [2.45, 2.75) is 42.1 Å². The van der Waals surface area contributed by atoms with Crippen molar-refractivity contribution in [2.24, 2.45) is 5.73 Å². The molecule has 1 aliphatic heterocycles. The normalized spacial score (nSPS) is 30.3. The molecule has 3 rings (SSSR count). The van der Waals surface area contributed by atoms with Gasteiger partial charge in [0.25, 0.3) is 0 Å². The molecule has 2 aliphatic rings. The second kappa shape index (κ2) is 5.06. The molecular weight excluding hydrogens is 266 g/mol. The van der Waals surface area contributed by atoms with Gasteiger partial charge in [0.1, 0.15) is 0 Å². The van der Waals surface area contributed by atoms with Gasteiger partial charge in [-0.3, -0.25) is 0 Å². The molecule has 1 saturated heterocycles.